The van der Waals surface area contributed by atoms with Crippen molar-refractivity contribution in [1.82, 2.24) is 9.29 Å². The molecule has 0 amide bonds. The molecule has 21 heavy (non-hydrogen) atoms. The number of benzene rings is 1. The number of sulfonamides is 1. The smallest absolute Gasteiger partial charge is 0.243 e. The van der Waals surface area contributed by atoms with Crippen LogP contribution in [0.1, 0.15) is 0 Å². The Morgan fingerprint density at radius 2 is 1.95 bits per heavy atom. The zero-order valence-corrected chi connectivity index (χ0v) is 13.0. The molecule has 0 saturated carbocycles. The number of hydrogen-bond donors (Lipinski definition) is 1. The minimum Gasteiger partial charge on any atom is -0.399 e. The second-order valence-corrected chi connectivity index (χ2v) is 7.59. The van der Waals surface area contributed by atoms with Crippen LogP contribution in [0.5, 0.6) is 0 Å². The summed E-state index contributed by atoms with van der Waals surface area (Å²) in [5.74, 6) is 0. The molecule has 6 nitrogen and oxygen atoms in total. The molecular formula is C13H16N4O2S2. The molecule has 2 heterocycles. The average molecular weight is 324 g/mol. The standard InChI is InChI=1S/C13H16N4O2S2/c14-11-2-1-3-12(10-11)21(18,19)17-7-5-16(6-8-17)13-15-4-9-20-13/h1-4,9-10H,5-8,14H2. The fraction of sp³-hybridized carbons (Fsp3) is 0.308. The van der Waals surface area contributed by atoms with E-state index in [1.165, 1.54) is 10.4 Å². The first-order valence-electron chi connectivity index (χ1n) is 6.57. The molecule has 2 aromatic rings. The lowest BCUT2D eigenvalue weighted by Gasteiger charge is -2.33. The number of piperazine rings is 1. The number of thiazole rings is 1. The number of aromatic nitrogens is 1. The van der Waals surface area contributed by atoms with Crippen LogP contribution in [-0.2, 0) is 10.0 Å². The summed E-state index contributed by atoms with van der Waals surface area (Å²) in [5, 5.41) is 2.86. The van der Waals surface area contributed by atoms with E-state index in [4.69, 9.17) is 5.73 Å². The first kappa shape index (κ1) is 14.3. The summed E-state index contributed by atoms with van der Waals surface area (Å²) in [6.07, 6.45) is 1.76. The molecule has 112 valence electrons. The van der Waals surface area contributed by atoms with Crippen molar-refractivity contribution in [3.05, 3.63) is 35.8 Å². The highest BCUT2D eigenvalue weighted by Crippen LogP contribution is 2.23. The van der Waals surface area contributed by atoms with Crippen LogP contribution in [0.4, 0.5) is 10.8 Å². The normalized spacial score (nSPS) is 17.0. The van der Waals surface area contributed by atoms with Crippen molar-refractivity contribution in [2.75, 3.05) is 36.8 Å². The minimum atomic E-state index is -3.47. The SMILES string of the molecule is Nc1cccc(S(=O)(=O)N2CCN(c3nccs3)CC2)c1. The third kappa shape index (κ3) is 2.87. The van der Waals surface area contributed by atoms with Crippen LogP contribution in [0, 0.1) is 0 Å². The lowest BCUT2D eigenvalue weighted by molar-refractivity contribution is 0.385. The maximum atomic E-state index is 12.6. The quantitative estimate of drug-likeness (QED) is 0.859. The van der Waals surface area contributed by atoms with Gasteiger partial charge in [-0.2, -0.15) is 4.31 Å². The molecule has 0 bridgehead atoms. The number of hydrogen-bond acceptors (Lipinski definition) is 6. The van der Waals surface area contributed by atoms with E-state index in [2.05, 4.69) is 9.88 Å². The largest absolute Gasteiger partial charge is 0.399 e. The van der Waals surface area contributed by atoms with Crippen molar-refractivity contribution < 1.29 is 8.42 Å². The van der Waals surface area contributed by atoms with Crippen molar-refractivity contribution in [1.29, 1.82) is 0 Å². The Kier molecular flexibility index (Phi) is 3.83. The predicted octanol–water partition coefficient (Wildman–Crippen LogP) is 1.24. The Hall–Kier alpha value is -1.64. The Labute approximate surface area is 127 Å². The van der Waals surface area contributed by atoms with E-state index in [0.29, 0.717) is 31.9 Å². The molecule has 0 spiro atoms. The molecule has 0 atom stereocenters. The summed E-state index contributed by atoms with van der Waals surface area (Å²) in [6.45, 7) is 2.21. The summed E-state index contributed by atoms with van der Waals surface area (Å²) in [4.78, 5) is 6.62. The molecule has 0 aliphatic carbocycles. The zero-order chi connectivity index (χ0) is 14.9. The first-order valence-corrected chi connectivity index (χ1v) is 8.89. The summed E-state index contributed by atoms with van der Waals surface area (Å²) in [6, 6.07) is 6.43. The maximum Gasteiger partial charge on any atom is 0.243 e. The number of rotatable bonds is 3. The molecule has 1 aromatic heterocycles. The van der Waals surface area contributed by atoms with Crippen LogP contribution in [0.3, 0.4) is 0 Å². The van der Waals surface area contributed by atoms with E-state index in [1.54, 1.807) is 35.7 Å². The third-order valence-corrected chi connectivity index (χ3v) is 6.15. The fourth-order valence-electron chi connectivity index (χ4n) is 2.32. The Bertz CT molecular complexity index is 708. The molecule has 1 aliphatic heterocycles. The van der Waals surface area contributed by atoms with E-state index >= 15 is 0 Å². The van der Waals surface area contributed by atoms with Crippen LogP contribution in [0.15, 0.2) is 40.7 Å². The lowest BCUT2D eigenvalue weighted by Crippen LogP contribution is -2.48. The van der Waals surface area contributed by atoms with Crippen LogP contribution in [0.25, 0.3) is 0 Å². The average Bonchev–Trinajstić information content (AvgIpc) is 3.02. The summed E-state index contributed by atoms with van der Waals surface area (Å²) in [5.41, 5.74) is 6.13. The van der Waals surface area contributed by atoms with Gasteiger partial charge in [-0.25, -0.2) is 13.4 Å². The Balaban J connectivity index is 1.74. The summed E-state index contributed by atoms with van der Waals surface area (Å²) >= 11 is 1.57. The van der Waals surface area contributed by atoms with Gasteiger partial charge in [-0.15, -0.1) is 11.3 Å². The molecular weight excluding hydrogens is 308 g/mol. The van der Waals surface area contributed by atoms with Gasteiger partial charge in [-0.05, 0) is 18.2 Å². The number of anilines is 2. The van der Waals surface area contributed by atoms with Gasteiger partial charge >= 0.3 is 0 Å². The lowest BCUT2D eigenvalue weighted by atomic mass is 10.3. The Morgan fingerprint density at radius 1 is 1.19 bits per heavy atom. The predicted molar refractivity (Wildman–Crippen MR) is 83.9 cm³/mol. The van der Waals surface area contributed by atoms with Crippen molar-refractivity contribution in [3.8, 4) is 0 Å². The molecule has 0 unspecified atom stereocenters. The van der Waals surface area contributed by atoms with Gasteiger partial charge in [0, 0.05) is 43.4 Å². The highest BCUT2D eigenvalue weighted by molar-refractivity contribution is 7.89. The Morgan fingerprint density at radius 3 is 2.57 bits per heavy atom. The van der Waals surface area contributed by atoms with Gasteiger partial charge in [0.15, 0.2) is 5.13 Å². The van der Waals surface area contributed by atoms with Gasteiger partial charge in [0.05, 0.1) is 4.90 Å². The second kappa shape index (κ2) is 5.63. The van der Waals surface area contributed by atoms with Crippen LogP contribution in [0.2, 0.25) is 0 Å². The van der Waals surface area contributed by atoms with Crippen molar-refractivity contribution in [3.63, 3.8) is 0 Å². The van der Waals surface area contributed by atoms with Gasteiger partial charge in [-0.1, -0.05) is 6.07 Å². The third-order valence-electron chi connectivity index (χ3n) is 3.42. The first-order chi connectivity index (χ1) is 10.1. The van der Waals surface area contributed by atoms with E-state index in [9.17, 15) is 8.42 Å². The van der Waals surface area contributed by atoms with Gasteiger partial charge in [0.2, 0.25) is 10.0 Å². The minimum absolute atomic E-state index is 0.255. The van der Waals surface area contributed by atoms with Gasteiger partial charge < -0.3 is 10.6 Å². The molecule has 1 aromatic carbocycles. The molecule has 3 rings (SSSR count). The molecule has 0 radical (unpaired) electrons. The van der Waals surface area contributed by atoms with Gasteiger partial charge in [0.25, 0.3) is 0 Å². The van der Waals surface area contributed by atoms with Crippen molar-refractivity contribution in [2.45, 2.75) is 4.90 Å². The topological polar surface area (TPSA) is 79.5 Å². The summed E-state index contributed by atoms with van der Waals surface area (Å²) < 4.78 is 26.6. The van der Waals surface area contributed by atoms with Crippen molar-refractivity contribution >= 4 is 32.2 Å². The van der Waals surface area contributed by atoms with E-state index in [-0.39, 0.29) is 4.90 Å². The molecule has 8 heteroatoms. The molecule has 1 fully saturated rings. The highest BCUT2D eigenvalue weighted by Gasteiger charge is 2.29. The molecule has 1 saturated heterocycles. The van der Waals surface area contributed by atoms with E-state index in [0.717, 1.165) is 5.13 Å². The summed E-state index contributed by atoms with van der Waals surface area (Å²) in [7, 11) is -3.47. The van der Waals surface area contributed by atoms with Crippen LogP contribution in [-0.4, -0.2) is 43.9 Å². The molecule has 1 aliphatic rings. The monoisotopic (exact) mass is 324 g/mol. The number of nitrogens with two attached hydrogens (primary N) is 1. The number of nitrogen functional groups attached to an aromatic ring is 1. The number of nitrogens with zero attached hydrogens (tertiary/aromatic N) is 3. The zero-order valence-electron chi connectivity index (χ0n) is 11.3. The highest BCUT2D eigenvalue weighted by atomic mass is 32.2. The van der Waals surface area contributed by atoms with Crippen LogP contribution >= 0.6 is 11.3 Å². The van der Waals surface area contributed by atoms with Gasteiger partial charge in [0.1, 0.15) is 0 Å². The second-order valence-electron chi connectivity index (χ2n) is 4.78. The van der Waals surface area contributed by atoms with Crippen LogP contribution < -0.4 is 10.6 Å². The van der Waals surface area contributed by atoms with E-state index in [1.807, 2.05) is 5.38 Å². The maximum absolute atomic E-state index is 12.6. The van der Waals surface area contributed by atoms with E-state index < -0.39 is 10.0 Å². The molecule has 2 N–H and O–H groups in total. The fourth-order valence-corrected chi connectivity index (χ4v) is 4.49. The van der Waals surface area contributed by atoms with Gasteiger partial charge in [-0.3, -0.25) is 0 Å². The van der Waals surface area contributed by atoms with Crippen molar-refractivity contribution in [2.24, 2.45) is 0 Å².